The number of nitro benzene ring substituents is 1. The van der Waals surface area contributed by atoms with Gasteiger partial charge in [0.1, 0.15) is 5.02 Å². The Kier molecular flexibility index (Phi) is 3.56. The van der Waals surface area contributed by atoms with Crippen LogP contribution in [0.4, 0.5) is 11.4 Å². The number of nitrogens with one attached hydrogen (secondary N) is 1. The van der Waals surface area contributed by atoms with Gasteiger partial charge in [0.15, 0.2) is 0 Å². The second-order valence-corrected chi connectivity index (χ2v) is 6.17. The maximum atomic E-state index is 10.9. The summed E-state index contributed by atoms with van der Waals surface area (Å²) in [7, 11) is 0. The maximum absolute atomic E-state index is 10.9. The lowest BCUT2D eigenvalue weighted by molar-refractivity contribution is -0.384. The van der Waals surface area contributed by atoms with Crippen LogP contribution in [0.1, 0.15) is 18.4 Å². The number of piperidine rings is 3. The first-order valence-corrected chi connectivity index (χ1v) is 7.36. The normalized spacial score (nSPS) is 28.4. The highest BCUT2D eigenvalue weighted by Crippen LogP contribution is 2.34. The second-order valence-electron chi connectivity index (χ2n) is 5.76. The summed E-state index contributed by atoms with van der Waals surface area (Å²) >= 11 is 6.00. The van der Waals surface area contributed by atoms with E-state index in [0.717, 1.165) is 17.8 Å². The second kappa shape index (κ2) is 5.22. The molecule has 3 heterocycles. The monoisotopic (exact) mass is 295 g/mol. The minimum atomic E-state index is -0.437. The summed E-state index contributed by atoms with van der Waals surface area (Å²) in [6.45, 7) is 5.33. The number of benzene rings is 1. The van der Waals surface area contributed by atoms with Crippen molar-refractivity contribution in [3.05, 3.63) is 32.8 Å². The zero-order chi connectivity index (χ0) is 14.3. The van der Waals surface area contributed by atoms with Crippen LogP contribution in [0.2, 0.25) is 5.02 Å². The summed E-state index contributed by atoms with van der Waals surface area (Å²) in [5.41, 5.74) is 1.76. The van der Waals surface area contributed by atoms with Crippen molar-refractivity contribution in [1.29, 1.82) is 0 Å². The Morgan fingerprint density at radius 1 is 1.40 bits per heavy atom. The van der Waals surface area contributed by atoms with E-state index in [4.69, 9.17) is 11.6 Å². The number of nitro groups is 1. The van der Waals surface area contributed by atoms with Crippen molar-refractivity contribution in [3.63, 3.8) is 0 Å². The van der Waals surface area contributed by atoms with E-state index in [1.54, 1.807) is 12.1 Å². The maximum Gasteiger partial charge on any atom is 0.288 e. The zero-order valence-corrected chi connectivity index (χ0v) is 12.2. The largest absolute Gasteiger partial charge is 0.380 e. The third-order valence-electron chi connectivity index (χ3n) is 4.49. The first-order valence-electron chi connectivity index (χ1n) is 6.98. The summed E-state index contributed by atoms with van der Waals surface area (Å²) in [5.74, 6) is 0.702. The fourth-order valence-corrected chi connectivity index (χ4v) is 3.52. The van der Waals surface area contributed by atoms with Gasteiger partial charge in [-0.1, -0.05) is 11.6 Å². The first kappa shape index (κ1) is 13.6. The molecule has 1 aromatic rings. The molecule has 0 aromatic heterocycles. The van der Waals surface area contributed by atoms with E-state index in [1.807, 2.05) is 6.92 Å². The Morgan fingerprint density at radius 2 is 2.10 bits per heavy atom. The van der Waals surface area contributed by atoms with Gasteiger partial charge in [-0.15, -0.1) is 0 Å². The lowest BCUT2D eigenvalue weighted by atomic mass is 9.84. The Hall–Kier alpha value is -1.33. The molecule has 1 unspecified atom stereocenters. The predicted molar refractivity (Wildman–Crippen MR) is 79.4 cm³/mol. The number of anilines is 1. The number of rotatable bonds is 3. The third kappa shape index (κ3) is 2.47. The van der Waals surface area contributed by atoms with Gasteiger partial charge in [0.2, 0.25) is 0 Å². The molecule has 0 spiro atoms. The van der Waals surface area contributed by atoms with Crippen molar-refractivity contribution in [2.24, 2.45) is 5.92 Å². The number of aryl methyl sites for hydroxylation is 1. The molecular formula is C14H18ClN3O2. The zero-order valence-electron chi connectivity index (χ0n) is 11.4. The molecule has 3 aliphatic rings. The SMILES string of the molecule is Cc1cc([N+](=O)[O-])c(Cl)cc1NC1CN2CCC1CC2. The average Bonchev–Trinajstić information content (AvgIpc) is 2.43. The predicted octanol–water partition coefficient (Wildman–Crippen LogP) is 3.06. The van der Waals surface area contributed by atoms with Crippen LogP contribution in [-0.4, -0.2) is 35.5 Å². The van der Waals surface area contributed by atoms with Crippen LogP contribution in [0.15, 0.2) is 12.1 Å². The highest BCUT2D eigenvalue weighted by molar-refractivity contribution is 6.33. The van der Waals surface area contributed by atoms with E-state index < -0.39 is 4.92 Å². The van der Waals surface area contributed by atoms with Crippen molar-refractivity contribution >= 4 is 23.0 Å². The van der Waals surface area contributed by atoms with Crippen LogP contribution in [-0.2, 0) is 0 Å². The minimum Gasteiger partial charge on any atom is -0.380 e. The van der Waals surface area contributed by atoms with Crippen molar-refractivity contribution in [2.45, 2.75) is 25.8 Å². The van der Waals surface area contributed by atoms with Crippen LogP contribution in [0.5, 0.6) is 0 Å². The molecule has 108 valence electrons. The molecule has 0 saturated carbocycles. The van der Waals surface area contributed by atoms with Gasteiger partial charge in [-0.25, -0.2) is 0 Å². The van der Waals surface area contributed by atoms with E-state index in [9.17, 15) is 10.1 Å². The summed E-state index contributed by atoms with van der Waals surface area (Å²) < 4.78 is 0. The summed E-state index contributed by atoms with van der Waals surface area (Å²) in [6.07, 6.45) is 2.47. The van der Waals surface area contributed by atoms with Gasteiger partial charge in [0.05, 0.1) is 4.92 Å². The van der Waals surface area contributed by atoms with Crippen LogP contribution in [0, 0.1) is 23.0 Å². The van der Waals surface area contributed by atoms with Crippen molar-refractivity contribution in [3.8, 4) is 0 Å². The van der Waals surface area contributed by atoms with Crippen molar-refractivity contribution in [1.82, 2.24) is 4.90 Å². The fraction of sp³-hybridized carbons (Fsp3) is 0.571. The van der Waals surface area contributed by atoms with Gasteiger partial charge >= 0.3 is 0 Å². The molecule has 3 fully saturated rings. The summed E-state index contributed by atoms with van der Waals surface area (Å²) in [6, 6.07) is 3.66. The first-order chi connectivity index (χ1) is 9.54. The Morgan fingerprint density at radius 3 is 2.65 bits per heavy atom. The molecule has 2 bridgehead atoms. The topological polar surface area (TPSA) is 58.4 Å². The fourth-order valence-electron chi connectivity index (χ4n) is 3.29. The summed E-state index contributed by atoms with van der Waals surface area (Å²) in [4.78, 5) is 12.9. The van der Waals surface area contributed by atoms with Crippen LogP contribution < -0.4 is 5.32 Å². The highest BCUT2D eigenvalue weighted by atomic mass is 35.5. The van der Waals surface area contributed by atoms with Gasteiger partial charge in [-0.3, -0.25) is 10.1 Å². The number of hydrogen-bond acceptors (Lipinski definition) is 4. The number of hydrogen-bond donors (Lipinski definition) is 1. The van der Waals surface area contributed by atoms with Crippen LogP contribution >= 0.6 is 11.6 Å². The Balaban J connectivity index is 1.81. The van der Waals surface area contributed by atoms with Gasteiger partial charge in [0, 0.05) is 24.3 Å². The van der Waals surface area contributed by atoms with Crippen LogP contribution in [0.3, 0.4) is 0 Å². The molecular weight excluding hydrogens is 278 g/mol. The molecule has 3 saturated heterocycles. The molecule has 5 nitrogen and oxygen atoms in total. The number of nitrogens with zero attached hydrogens (tertiary/aromatic N) is 2. The van der Waals surface area contributed by atoms with Gasteiger partial charge < -0.3 is 10.2 Å². The minimum absolute atomic E-state index is 0.0244. The quantitative estimate of drug-likeness (QED) is 0.688. The van der Waals surface area contributed by atoms with Crippen molar-refractivity contribution < 1.29 is 4.92 Å². The lowest BCUT2D eigenvalue weighted by Crippen LogP contribution is -2.53. The molecule has 1 N–H and O–H groups in total. The van der Waals surface area contributed by atoms with E-state index in [1.165, 1.54) is 25.9 Å². The Labute approximate surface area is 123 Å². The Bertz CT molecular complexity index is 541. The highest BCUT2D eigenvalue weighted by Gasteiger charge is 2.34. The summed E-state index contributed by atoms with van der Waals surface area (Å²) in [5, 5.41) is 14.6. The molecule has 0 radical (unpaired) electrons. The van der Waals surface area contributed by atoms with E-state index >= 15 is 0 Å². The van der Waals surface area contributed by atoms with E-state index in [0.29, 0.717) is 12.0 Å². The molecule has 6 heteroatoms. The average molecular weight is 296 g/mol. The molecule has 0 amide bonds. The standard InChI is InChI=1S/C14H18ClN3O2/c1-9-6-14(18(19)20)11(15)7-12(9)16-13-8-17-4-2-10(13)3-5-17/h6-7,10,13,16H,2-5,8H2,1H3. The van der Waals surface area contributed by atoms with Gasteiger partial charge in [-0.2, -0.15) is 0 Å². The lowest BCUT2D eigenvalue weighted by Gasteiger charge is -2.45. The van der Waals surface area contributed by atoms with E-state index in [2.05, 4.69) is 10.2 Å². The molecule has 3 aliphatic heterocycles. The van der Waals surface area contributed by atoms with Gasteiger partial charge in [0.25, 0.3) is 5.69 Å². The molecule has 20 heavy (non-hydrogen) atoms. The molecule has 1 aromatic carbocycles. The van der Waals surface area contributed by atoms with E-state index in [-0.39, 0.29) is 10.7 Å². The smallest absolute Gasteiger partial charge is 0.288 e. The molecule has 0 aliphatic carbocycles. The van der Waals surface area contributed by atoms with Crippen molar-refractivity contribution in [2.75, 3.05) is 25.0 Å². The van der Waals surface area contributed by atoms with Gasteiger partial charge in [-0.05, 0) is 50.4 Å². The number of halogens is 1. The molecule has 4 rings (SSSR count). The molecule has 1 atom stereocenters. The number of fused-ring (bicyclic) bond motifs is 3. The third-order valence-corrected chi connectivity index (χ3v) is 4.79. The van der Waals surface area contributed by atoms with Crippen LogP contribution in [0.25, 0.3) is 0 Å².